The predicted octanol–water partition coefficient (Wildman–Crippen LogP) is 13.3. The molecule has 1 aromatic heterocycles. The molecule has 262 valence electrons. The monoisotopic (exact) mass is 697 g/mol. The summed E-state index contributed by atoms with van der Waals surface area (Å²) in [7, 11) is 0. The van der Waals surface area contributed by atoms with Gasteiger partial charge in [-0.15, -0.1) is 0 Å². The van der Waals surface area contributed by atoms with Gasteiger partial charge < -0.3 is 14.8 Å². The van der Waals surface area contributed by atoms with E-state index in [0.29, 0.717) is 0 Å². The first kappa shape index (κ1) is 33.3. The summed E-state index contributed by atoms with van der Waals surface area (Å²) in [5, 5.41) is 5.81. The standard InChI is InChI=1S/C51H43N3/c1-5-12-39(13-6-2)54-49-18-10-8-16-45(49)46-32-37(23-30-50(46)54)35-19-24-40(25-20-35)53(41-26-21-36(22-27-41)38-14-11-31-52-34-38)42-28-29-44-43-15-7-9-17-47(43)51(3,4)48(44)33-42/h5-30,32-34,52H,1,31H2,2-4H3/b13-6-,39-12+. The van der Waals surface area contributed by atoms with Crippen molar-refractivity contribution in [2.75, 3.05) is 11.4 Å². The van der Waals surface area contributed by atoms with Crippen LogP contribution in [0, 0.1) is 0 Å². The molecule has 1 N–H and O–H groups in total. The molecular weight excluding hydrogens is 655 g/mol. The highest BCUT2D eigenvalue weighted by atomic mass is 15.1. The van der Waals surface area contributed by atoms with Gasteiger partial charge in [-0.3, -0.25) is 0 Å². The number of anilines is 3. The number of rotatable bonds is 8. The number of nitrogens with one attached hydrogen (secondary N) is 1. The van der Waals surface area contributed by atoms with Crippen LogP contribution < -0.4 is 10.2 Å². The van der Waals surface area contributed by atoms with Gasteiger partial charge >= 0.3 is 0 Å². The zero-order valence-electron chi connectivity index (χ0n) is 31.1. The van der Waals surface area contributed by atoms with Gasteiger partial charge in [0.25, 0.3) is 0 Å². The Hall–Kier alpha value is -6.58. The maximum absolute atomic E-state index is 3.98. The van der Waals surface area contributed by atoms with Crippen LogP contribution in [0.1, 0.15) is 37.5 Å². The van der Waals surface area contributed by atoms with E-state index in [-0.39, 0.29) is 5.41 Å². The number of para-hydroxylation sites is 1. The van der Waals surface area contributed by atoms with Gasteiger partial charge in [-0.1, -0.05) is 124 Å². The van der Waals surface area contributed by atoms with Crippen molar-refractivity contribution >= 4 is 50.1 Å². The van der Waals surface area contributed by atoms with Crippen molar-refractivity contribution in [3.05, 3.63) is 199 Å². The average Bonchev–Trinajstić information content (AvgIpc) is 3.66. The van der Waals surface area contributed by atoms with E-state index in [1.807, 2.05) is 6.08 Å². The third kappa shape index (κ3) is 5.52. The number of hydrogen-bond acceptors (Lipinski definition) is 2. The molecule has 3 heteroatoms. The molecule has 6 aromatic carbocycles. The summed E-state index contributed by atoms with van der Waals surface area (Å²) in [6, 6.07) is 49.3. The molecule has 3 nitrogen and oxygen atoms in total. The summed E-state index contributed by atoms with van der Waals surface area (Å²) in [6.07, 6.45) is 14.6. The Balaban J connectivity index is 1.13. The van der Waals surface area contributed by atoms with Gasteiger partial charge in [-0.2, -0.15) is 0 Å². The number of allylic oxidation sites excluding steroid dienone is 7. The molecule has 0 saturated carbocycles. The topological polar surface area (TPSA) is 20.2 Å². The molecule has 0 radical (unpaired) electrons. The van der Waals surface area contributed by atoms with E-state index in [9.17, 15) is 0 Å². The predicted molar refractivity (Wildman–Crippen MR) is 232 cm³/mol. The molecule has 0 spiro atoms. The maximum Gasteiger partial charge on any atom is 0.0541 e. The van der Waals surface area contributed by atoms with Gasteiger partial charge in [0.15, 0.2) is 0 Å². The van der Waals surface area contributed by atoms with Crippen LogP contribution in [0.3, 0.4) is 0 Å². The van der Waals surface area contributed by atoms with E-state index in [0.717, 1.165) is 29.3 Å². The summed E-state index contributed by atoms with van der Waals surface area (Å²) in [6.45, 7) is 11.6. The van der Waals surface area contributed by atoms with Crippen molar-refractivity contribution in [2.45, 2.75) is 26.2 Å². The SMILES string of the molecule is C=C/C=C(\C=C/C)n1c2ccccc2c2cc(-c3ccc(N(c4ccc(C5=CNCC=C5)cc4)c4ccc5c(c4)C(C)(C)c4ccccc4-5)cc3)ccc21. The second-order valence-electron chi connectivity index (χ2n) is 14.7. The van der Waals surface area contributed by atoms with E-state index in [1.54, 1.807) is 0 Å². The zero-order chi connectivity index (χ0) is 36.8. The Bertz CT molecular complexity index is 2700. The Labute approximate surface area is 318 Å². The fourth-order valence-electron chi connectivity index (χ4n) is 8.46. The third-order valence-electron chi connectivity index (χ3n) is 11.1. The third-order valence-corrected chi connectivity index (χ3v) is 11.1. The lowest BCUT2D eigenvalue weighted by atomic mass is 9.82. The maximum atomic E-state index is 3.98. The van der Waals surface area contributed by atoms with Gasteiger partial charge in [-0.25, -0.2) is 0 Å². The van der Waals surface area contributed by atoms with E-state index in [1.165, 1.54) is 66.3 Å². The molecule has 2 heterocycles. The van der Waals surface area contributed by atoms with Crippen LogP contribution in [0.15, 0.2) is 183 Å². The Morgan fingerprint density at radius 2 is 1.35 bits per heavy atom. The van der Waals surface area contributed by atoms with Crippen LogP contribution in [0.2, 0.25) is 0 Å². The molecule has 1 aliphatic carbocycles. The summed E-state index contributed by atoms with van der Waals surface area (Å²) in [5.41, 5.74) is 16.9. The van der Waals surface area contributed by atoms with E-state index in [2.05, 4.69) is 212 Å². The summed E-state index contributed by atoms with van der Waals surface area (Å²) in [4.78, 5) is 2.39. The molecule has 0 unspecified atom stereocenters. The molecule has 0 atom stereocenters. The quantitative estimate of drug-likeness (QED) is 0.160. The lowest BCUT2D eigenvalue weighted by Gasteiger charge is -2.28. The molecule has 0 saturated heterocycles. The first-order chi connectivity index (χ1) is 26.5. The first-order valence-electron chi connectivity index (χ1n) is 18.8. The Morgan fingerprint density at radius 1 is 0.685 bits per heavy atom. The number of dihydropyridines is 1. The number of nitrogens with zero attached hydrogens (tertiary/aromatic N) is 2. The highest BCUT2D eigenvalue weighted by Crippen LogP contribution is 2.50. The van der Waals surface area contributed by atoms with Crippen LogP contribution in [-0.4, -0.2) is 11.1 Å². The van der Waals surface area contributed by atoms with E-state index >= 15 is 0 Å². The number of fused-ring (bicyclic) bond motifs is 6. The van der Waals surface area contributed by atoms with Crippen molar-refractivity contribution in [3.8, 4) is 22.3 Å². The average molecular weight is 698 g/mol. The van der Waals surface area contributed by atoms with Crippen LogP contribution >= 0.6 is 0 Å². The molecule has 1 aliphatic heterocycles. The molecule has 7 aromatic rings. The van der Waals surface area contributed by atoms with Gasteiger partial charge in [0.05, 0.1) is 11.0 Å². The minimum atomic E-state index is -0.0923. The van der Waals surface area contributed by atoms with Crippen molar-refractivity contribution < 1.29 is 0 Å². The fraction of sp³-hybridized carbons (Fsp3) is 0.0980. The lowest BCUT2D eigenvalue weighted by Crippen LogP contribution is -2.16. The van der Waals surface area contributed by atoms with Crippen molar-refractivity contribution in [1.82, 2.24) is 9.88 Å². The van der Waals surface area contributed by atoms with Gasteiger partial charge in [0.2, 0.25) is 0 Å². The van der Waals surface area contributed by atoms with E-state index < -0.39 is 0 Å². The van der Waals surface area contributed by atoms with Crippen molar-refractivity contribution in [3.63, 3.8) is 0 Å². The largest absolute Gasteiger partial charge is 0.387 e. The van der Waals surface area contributed by atoms with Gasteiger partial charge in [0.1, 0.15) is 0 Å². The fourth-order valence-corrected chi connectivity index (χ4v) is 8.46. The van der Waals surface area contributed by atoms with Crippen LogP contribution in [0.4, 0.5) is 17.1 Å². The molecular formula is C51H43N3. The Kier molecular flexibility index (Phi) is 8.28. The molecule has 0 bridgehead atoms. The zero-order valence-corrected chi connectivity index (χ0v) is 31.1. The molecule has 2 aliphatic rings. The van der Waals surface area contributed by atoms with Crippen LogP contribution in [-0.2, 0) is 5.41 Å². The Morgan fingerprint density at radius 3 is 2.09 bits per heavy atom. The minimum absolute atomic E-state index is 0.0923. The lowest BCUT2D eigenvalue weighted by molar-refractivity contribution is 0.660. The molecule has 0 amide bonds. The highest BCUT2D eigenvalue weighted by molar-refractivity contribution is 6.11. The van der Waals surface area contributed by atoms with Crippen LogP contribution in [0.5, 0.6) is 0 Å². The normalized spacial score (nSPS) is 14.6. The van der Waals surface area contributed by atoms with Crippen LogP contribution in [0.25, 0.3) is 55.3 Å². The second kappa shape index (κ2) is 13.4. The minimum Gasteiger partial charge on any atom is -0.387 e. The first-order valence-corrected chi connectivity index (χ1v) is 18.8. The van der Waals surface area contributed by atoms with Crippen molar-refractivity contribution in [2.24, 2.45) is 0 Å². The van der Waals surface area contributed by atoms with Crippen molar-refractivity contribution in [1.29, 1.82) is 0 Å². The number of hydrogen-bond donors (Lipinski definition) is 1. The summed E-state index contributed by atoms with van der Waals surface area (Å²) < 4.78 is 2.33. The van der Waals surface area contributed by atoms with Gasteiger partial charge in [-0.05, 0) is 118 Å². The number of aromatic nitrogens is 1. The molecule has 54 heavy (non-hydrogen) atoms. The molecule has 0 fully saturated rings. The van der Waals surface area contributed by atoms with Gasteiger partial charge in [0, 0.05) is 51.7 Å². The van der Waals surface area contributed by atoms with E-state index in [4.69, 9.17) is 0 Å². The second-order valence-corrected chi connectivity index (χ2v) is 14.7. The smallest absolute Gasteiger partial charge is 0.0541 e. The highest BCUT2D eigenvalue weighted by Gasteiger charge is 2.35. The number of benzene rings is 6. The summed E-state index contributed by atoms with van der Waals surface area (Å²) >= 11 is 0. The summed E-state index contributed by atoms with van der Waals surface area (Å²) in [5.74, 6) is 0. The molecule has 9 rings (SSSR count).